The Kier molecular flexibility index (Phi) is 4.91. The third-order valence-electron chi connectivity index (χ3n) is 2.84. The summed E-state index contributed by atoms with van der Waals surface area (Å²) in [5.74, 6) is -0.520. The first kappa shape index (κ1) is 16.3. The lowest BCUT2D eigenvalue weighted by Crippen LogP contribution is -2.04. The second kappa shape index (κ2) is 6.34. The van der Waals surface area contributed by atoms with Gasteiger partial charge in [0.05, 0.1) is 10.6 Å². The number of rotatable bonds is 4. The van der Waals surface area contributed by atoms with Gasteiger partial charge < -0.3 is 5.32 Å². The molecule has 0 aliphatic rings. The fraction of sp³-hybridized carbons (Fsp3) is 0.143. The van der Waals surface area contributed by atoms with Crippen LogP contribution in [0.25, 0.3) is 0 Å². The highest BCUT2D eigenvalue weighted by atomic mass is 79.9. The van der Waals surface area contributed by atoms with Crippen LogP contribution < -0.4 is 5.32 Å². The van der Waals surface area contributed by atoms with Gasteiger partial charge in [0.25, 0.3) is 0 Å². The lowest BCUT2D eigenvalue weighted by atomic mass is 10.2. The molecule has 0 atom stereocenters. The highest BCUT2D eigenvalue weighted by molar-refractivity contribution is 9.10. The van der Waals surface area contributed by atoms with E-state index in [9.17, 15) is 12.8 Å². The van der Waals surface area contributed by atoms with E-state index in [2.05, 4.69) is 21.2 Å². The molecule has 21 heavy (non-hydrogen) atoms. The Hall–Kier alpha value is -1.11. The van der Waals surface area contributed by atoms with Gasteiger partial charge in [0.15, 0.2) is 9.84 Å². The van der Waals surface area contributed by atoms with Gasteiger partial charge in [-0.05, 0) is 42.0 Å². The normalized spacial score (nSPS) is 11.4. The average molecular weight is 393 g/mol. The van der Waals surface area contributed by atoms with Gasteiger partial charge in [-0.2, -0.15) is 0 Å². The van der Waals surface area contributed by atoms with Crippen molar-refractivity contribution in [3.63, 3.8) is 0 Å². The molecule has 0 saturated carbocycles. The zero-order valence-corrected chi connectivity index (χ0v) is 14.2. The molecule has 0 unspecified atom stereocenters. The molecule has 112 valence electrons. The quantitative estimate of drug-likeness (QED) is 0.791. The van der Waals surface area contributed by atoms with Crippen molar-refractivity contribution in [3.05, 3.63) is 57.3 Å². The largest absolute Gasteiger partial charge is 0.379 e. The Morgan fingerprint density at radius 1 is 1.24 bits per heavy atom. The van der Waals surface area contributed by atoms with Crippen molar-refractivity contribution >= 4 is 43.1 Å². The highest BCUT2D eigenvalue weighted by Crippen LogP contribution is 2.24. The lowest BCUT2D eigenvalue weighted by molar-refractivity contribution is 0.600. The molecule has 1 N–H and O–H groups in total. The molecule has 0 saturated heterocycles. The van der Waals surface area contributed by atoms with E-state index in [0.29, 0.717) is 5.02 Å². The molecule has 7 heteroatoms. The Bertz CT molecular complexity index is 781. The molecule has 0 aliphatic heterocycles. The Morgan fingerprint density at radius 2 is 1.95 bits per heavy atom. The first-order valence-corrected chi connectivity index (χ1v) is 9.01. The smallest absolute Gasteiger partial charge is 0.175 e. The lowest BCUT2D eigenvalue weighted by Gasteiger charge is -2.10. The molecule has 2 aromatic carbocycles. The number of anilines is 1. The van der Waals surface area contributed by atoms with E-state index in [4.69, 9.17) is 11.6 Å². The molecule has 0 aromatic heterocycles. The van der Waals surface area contributed by atoms with Crippen molar-refractivity contribution in [2.75, 3.05) is 11.6 Å². The summed E-state index contributed by atoms with van der Waals surface area (Å²) >= 11 is 9.39. The molecular weight excluding hydrogens is 381 g/mol. The van der Waals surface area contributed by atoms with Crippen LogP contribution in [0.2, 0.25) is 5.02 Å². The van der Waals surface area contributed by atoms with Gasteiger partial charge in [-0.1, -0.05) is 27.5 Å². The molecule has 2 rings (SSSR count). The van der Waals surface area contributed by atoms with E-state index in [0.717, 1.165) is 22.4 Å². The highest BCUT2D eigenvalue weighted by Gasteiger charge is 2.11. The van der Waals surface area contributed by atoms with E-state index in [-0.39, 0.29) is 17.1 Å². The van der Waals surface area contributed by atoms with Gasteiger partial charge in [-0.3, -0.25) is 0 Å². The molecule has 0 aliphatic carbocycles. The standard InChI is InChI=1S/C14H12BrClFNO2S/c1-21(19,20)11-3-5-13(17)14(7-11)18-8-9-6-10(15)2-4-12(9)16/h2-7,18H,8H2,1H3. The van der Waals surface area contributed by atoms with Crippen LogP contribution in [-0.4, -0.2) is 14.7 Å². The molecule has 2 aromatic rings. The number of sulfone groups is 1. The summed E-state index contributed by atoms with van der Waals surface area (Å²) in [5.41, 5.74) is 0.893. The SMILES string of the molecule is CS(=O)(=O)c1ccc(F)c(NCc2cc(Br)ccc2Cl)c1. The number of benzene rings is 2. The Balaban J connectivity index is 2.26. The minimum Gasteiger partial charge on any atom is -0.379 e. The Labute approximate surface area is 136 Å². The van der Waals surface area contributed by atoms with Crippen molar-refractivity contribution in [3.8, 4) is 0 Å². The maximum atomic E-state index is 13.7. The van der Waals surface area contributed by atoms with Crippen LogP contribution in [0.5, 0.6) is 0 Å². The molecule has 0 spiro atoms. The van der Waals surface area contributed by atoms with Gasteiger partial charge in [0.2, 0.25) is 0 Å². The topological polar surface area (TPSA) is 46.2 Å². The summed E-state index contributed by atoms with van der Waals surface area (Å²) in [6, 6.07) is 8.98. The van der Waals surface area contributed by atoms with Crippen LogP contribution in [0.4, 0.5) is 10.1 Å². The van der Waals surface area contributed by atoms with E-state index in [1.165, 1.54) is 12.1 Å². The monoisotopic (exact) mass is 391 g/mol. The van der Waals surface area contributed by atoms with Gasteiger partial charge in [0, 0.05) is 22.3 Å². The van der Waals surface area contributed by atoms with E-state index >= 15 is 0 Å². The van der Waals surface area contributed by atoms with Crippen LogP contribution in [0, 0.1) is 5.82 Å². The zero-order chi connectivity index (χ0) is 15.6. The predicted octanol–water partition coefficient (Wildman–Crippen LogP) is 4.26. The van der Waals surface area contributed by atoms with Crippen LogP contribution in [0.1, 0.15) is 5.56 Å². The molecule has 0 heterocycles. The molecule has 0 amide bonds. The molecule has 0 fully saturated rings. The summed E-state index contributed by atoms with van der Waals surface area (Å²) in [5, 5.41) is 3.41. The van der Waals surface area contributed by atoms with Crippen molar-refractivity contribution in [1.82, 2.24) is 0 Å². The Morgan fingerprint density at radius 3 is 2.62 bits per heavy atom. The fourth-order valence-corrected chi connectivity index (χ4v) is 2.98. The van der Waals surface area contributed by atoms with Gasteiger partial charge in [0.1, 0.15) is 5.82 Å². The fourth-order valence-electron chi connectivity index (χ4n) is 1.74. The maximum absolute atomic E-state index is 13.7. The molecule has 3 nitrogen and oxygen atoms in total. The van der Waals surface area contributed by atoms with Crippen LogP contribution in [0.3, 0.4) is 0 Å². The summed E-state index contributed by atoms with van der Waals surface area (Å²) in [7, 11) is -3.38. The predicted molar refractivity (Wildman–Crippen MR) is 86.0 cm³/mol. The maximum Gasteiger partial charge on any atom is 0.175 e. The minimum atomic E-state index is -3.38. The van der Waals surface area contributed by atoms with Gasteiger partial charge >= 0.3 is 0 Å². The summed E-state index contributed by atoms with van der Waals surface area (Å²) in [4.78, 5) is 0.0618. The van der Waals surface area contributed by atoms with Gasteiger partial charge in [-0.15, -0.1) is 0 Å². The van der Waals surface area contributed by atoms with E-state index in [1.54, 1.807) is 12.1 Å². The molecule has 0 radical (unpaired) electrons. The first-order chi connectivity index (χ1) is 9.77. The number of halogens is 3. The molecular formula is C14H12BrClFNO2S. The number of hydrogen-bond donors (Lipinski definition) is 1. The summed E-state index contributed by atoms with van der Waals surface area (Å²) in [6.07, 6.45) is 1.08. The van der Waals surface area contributed by atoms with Crippen molar-refractivity contribution < 1.29 is 12.8 Å². The third-order valence-corrected chi connectivity index (χ3v) is 4.82. The second-order valence-corrected chi connectivity index (χ2v) is 7.84. The van der Waals surface area contributed by atoms with E-state index < -0.39 is 15.7 Å². The van der Waals surface area contributed by atoms with Crippen LogP contribution in [-0.2, 0) is 16.4 Å². The summed E-state index contributed by atoms with van der Waals surface area (Å²) in [6.45, 7) is 0.280. The van der Waals surface area contributed by atoms with E-state index in [1.807, 2.05) is 6.07 Å². The van der Waals surface area contributed by atoms with Crippen molar-refractivity contribution in [2.45, 2.75) is 11.4 Å². The zero-order valence-electron chi connectivity index (χ0n) is 11.0. The first-order valence-electron chi connectivity index (χ1n) is 5.95. The van der Waals surface area contributed by atoms with Crippen LogP contribution in [0.15, 0.2) is 45.8 Å². The van der Waals surface area contributed by atoms with Crippen LogP contribution >= 0.6 is 27.5 Å². The van der Waals surface area contributed by atoms with Gasteiger partial charge in [-0.25, -0.2) is 12.8 Å². The molecule has 0 bridgehead atoms. The van der Waals surface area contributed by atoms with Crippen molar-refractivity contribution in [2.24, 2.45) is 0 Å². The third kappa shape index (κ3) is 4.18. The average Bonchev–Trinajstić information content (AvgIpc) is 2.40. The minimum absolute atomic E-state index is 0.0618. The van der Waals surface area contributed by atoms with Crippen molar-refractivity contribution in [1.29, 1.82) is 0 Å². The number of hydrogen-bond acceptors (Lipinski definition) is 3. The number of nitrogens with one attached hydrogen (secondary N) is 1. The second-order valence-electron chi connectivity index (χ2n) is 4.50. The summed E-state index contributed by atoms with van der Waals surface area (Å²) < 4.78 is 37.6.